The van der Waals surface area contributed by atoms with Crippen LogP contribution in [0, 0.1) is 23.7 Å². The number of fused-ring (bicyclic) bond motifs is 5. The van der Waals surface area contributed by atoms with E-state index < -0.39 is 0 Å². The van der Waals surface area contributed by atoms with Gasteiger partial charge in [-0.25, -0.2) is 5.84 Å². The van der Waals surface area contributed by atoms with Crippen LogP contribution in [0.5, 0.6) is 0 Å². The van der Waals surface area contributed by atoms with Gasteiger partial charge in [0.1, 0.15) is 0 Å². The number of nitrogens with one attached hydrogen (secondary N) is 2. The highest BCUT2D eigenvalue weighted by molar-refractivity contribution is 7.80. The van der Waals surface area contributed by atoms with Gasteiger partial charge in [0, 0.05) is 6.04 Å². The summed E-state index contributed by atoms with van der Waals surface area (Å²) in [6.07, 6.45) is 8.73. The van der Waals surface area contributed by atoms with E-state index in [1.165, 1.54) is 19.3 Å². The normalized spacial score (nSPS) is 45.5. The van der Waals surface area contributed by atoms with E-state index in [9.17, 15) is 0 Å². The van der Waals surface area contributed by atoms with Gasteiger partial charge in [-0.1, -0.05) is 12.2 Å². The van der Waals surface area contributed by atoms with E-state index >= 15 is 0 Å². The second kappa shape index (κ2) is 3.46. The van der Waals surface area contributed by atoms with E-state index in [4.69, 9.17) is 18.1 Å². The van der Waals surface area contributed by atoms with Crippen molar-refractivity contribution < 1.29 is 0 Å². The van der Waals surface area contributed by atoms with Gasteiger partial charge in [-0.3, -0.25) is 0 Å². The molecular weight excluding hydrogens is 206 g/mol. The fourth-order valence-electron chi connectivity index (χ4n) is 3.92. The lowest BCUT2D eigenvalue weighted by Gasteiger charge is -2.32. The molecule has 0 aromatic heterocycles. The first-order valence-corrected chi connectivity index (χ1v) is 6.14. The van der Waals surface area contributed by atoms with Crippen molar-refractivity contribution in [2.75, 3.05) is 0 Å². The van der Waals surface area contributed by atoms with Crippen LogP contribution in [-0.4, -0.2) is 11.2 Å². The summed E-state index contributed by atoms with van der Waals surface area (Å²) >= 11 is 5.06. The van der Waals surface area contributed by atoms with E-state index in [1.54, 1.807) is 0 Å². The van der Waals surface area contributed by atoms with Gasteiger partial charge in [0.25, 0.3) is 0 Å². The Labute approximate surface area is 95.5 Å². The minimum absolute atomic E-state index is 0.544. The Morgan fingerprint density at radius 2 is 2.20 bits per heavy atom. The number of hydrazine groups is 1. The molecule has 0 heterocycles. The van der Waals surface area contributed by atoms with Gasteiger partial charge in [-0.15, -0.1) is 0 Å². The molecule has 3 nitrogen and oxygen atoms in total. The second-order valence-electron chi connectivity index (χ2n) is 5.02. The molecular formula is C11H17N3S. The van der Waals surface area contributed by atoms with Crippen molar-refractivity contribution in [3.63, 3.8) is 0 Å². The van der Waals surface area contributed by atoms with Gasteiger partial charge >= 0.3 is 0 Å². The molecule has 0 aromatic carbocycles. The molecule has 0 amide bonds. The second-order valence-corrected chi connectivity index (χ2v) is 5.43. The van der Waals surface area contributed by atoms with Gasteiger partial charge in [-0.2, -0.15) is 0 Å². The Hall–Kier alpha value is -0.610. The monoisotopic (exact) mass is 223 g/mol. The van der Waals surface area contributed by atoms with E-state index in [0.717, 1.165) is 23.7 Å². The van der Waals surface area contributed by atoms with Crippen molar-refractivity contribution in [2.24, 2.45) is 29.5 Å². The highest BCUT2D eigenvalue weighted by Crippen LogP contribution is 2.56. The van der Waals surface area contributed by atoms with Crippen molar-refractivity contribution in [3.8, 4) is 0 Å². The van der Waals surface area contributed by atoms with Crippen molar-refractivity contribution >= 4 is 17.3 Å². The molecule has 3 rings (SSSR count). The molecule has 0 unspecified atom stereocenters. The first kappa shape index (κ1) is 9.60. The van der Waals surface area contributed by atoms with Gasteiger partial charge in [-0.05, 0) is 55.2 Å². The topological polar surface area (TPSA) is 50.1 Å². The highest BCUT2D eigenvalue weighted by atomic mass is 32.1. The van der Waals surface area contributed by atoms with E-state index in [2.05, 4.69) is 22.9 Å². The summed E-state index contributed by atoms with van der Waals surface area (Å²) in [6, 6.07) is 0.544. The van der Waals surface area contributed by atoms with E-state index in [-0.39, 0.29) is 0 Å². The molecule has 3 aliphatic carbocycles. The summed E-state index contributed by atoms with van der Waals surface area (Å²) in [5.74, 6) is 8.72. The third kappa shape index (κ3) is 1.39. The average Bonchev–Trinajstić information content (AvgIpc) is 2.87. The summed E-state index contributed by atoms with van der Waals surface area (Å²) in [7, 11) is 0. The lowest BCUT2D eigenvalue weighted by Crippen LogP contribution is -2.48. The number of allylic oxidation sites excluding steroid dienone is 2. The Balaban J connectivity index is 1.70. The first-order valence-electron chi connectivity index (χ1n) is 5.73. The molecule has 4 heteroatoms. The van der Waals surface area contributed by atoms with Crippen LogP contribution in [0.4, 0.5) is 0 Å². The Morgan fingerprint density at radius 1 is 1.33 bits per heavy atom. The third-order valence-electron chi connectivity index (χ3n) is 4.46. The van der Waals surface area contributed by atoms with Crippen LogP contribution in [0.2, 0.25) is 0 Å². The molecule has 0 aliphatic heterocycles. The molecule has 15 heavy (non-hydrogen) atoms. The van der Waals surface area contributed by atoms with Gasteiger partial charge < -0.3 is 10.7 Å². The zero-order chi connectivity index (χ0) is 10.4. The Morgan fingerprint density at radius 3 is 3.00 bits per heavy atom. The summed E-state index contributed by atoms with van der Waals surface area (Å²) in [6.45, 7) is 0. The molecule has 0 saturated heterocycles. The quantitative estimate of drug-likeness (QED) is 0.268. The predicted octanol–water partition coefficient (Wildman–Crippen LogP) is 0.925. The highest BCUT2D eigenvalue weighted by Gasteiger charge is 2.52. The van der Waals surface area contributed by atoms with Crippen LogP contribution in [0.1, 0.15) is 19.3 Å². The van der Waals surface area contributed by atoms with Crippen LogP contribution in [0.3, 0.4) is 0 Å². The third-order valence-corrected chi connectivity index (χ3v) is 4.69. The molecule has 2 fully saturated rings. The van der Waals surface area contributed by atoms with Crippen molar-refractivity contribution in [1.82, 2.24) is 10.7 Å². The number of hydrogen-bond acceptors (Lipinski definition) is 2. The van der Waals surface area contributed by atoms with E-state index in [0.29, 0.717) is 11.2 Å². The molecule has 0 spiro atoms. The molecule has 0 aromatic rings. The van der Waals surface area contributed by atoms with Crippen LogP contribution >= 0.6 is 12.2 Å². The fraction of sp³-hybridized carbons (Fsp3) is 0.727. The van der Waals surface area contributed by atoms with Crippen molar-refractivity contribution in [1.29, 1.82) is 0 Å². The van der Waals surface area contributed by atoms with Crippen LogP contribution in [0.25, 0.3) is 0 Å². The molecule has 5 atom stereocenters. The SMILES string of the molecule is NNC(=S)N[C@@H]1C[C@H]2C[C@H]1[C@H]1C=CC[C@@H]21. The number of hydrogen-bond donors (Lipinski definition) is 3. The summed E-state index contributed by atoms with van der Waals surface area (Å²) < 4.78 is 0. The number of thiocarbonyl (C=S) groups is 1. The maximum Gasteiger partial charge on any atom is 0.180 e. The van der Waals surface area contributed by atoms with Crippen LogP contribution in [0.15, 0.2) is 12.2 Å². The van der Waals surface area contributed by atoms with Crippen LogP contribution in [-0.2, 0) is 0 Å². The van der Waals surface area contributed by atoms with Gasteiger partial charge in [0.05, 0.1) is 0 Å². The summed E-state index contributed by atoms with van der Waals surface area (Å²) in [4.78, 5) is 0. The lowest BCUT2D eigenvalue weighted by atomic mass is 9.79. The zero-order valence-corrected chi connectivity index (χ0v) is 9.46. The number of nitrogens with two attached hydrogens (primary N) is 1. The standard InChI is InChI=1S/C11H17N3S/c12-14-11(15)13-10-5-6-4-9(10)8-3-1-2-7(6)8/h1,3,6-10H,2,4-5,12H2,(H2,13,14,15)/t6-,7+,8+,9+,10-/m1/s1. The first-order chi connectivity index (χ1) is 7.29. The number of rotatable bonds is 1. The summed E-state index contributed by atoms with van der Waals surface area (Å²) in [5, 5.41) is 3.92. The van der Waals surface area contributed by atoms with Crippen molar-refractivity contribution in [2.45, 2.75) is 25.3 Å². The average molecular weight is 223 g/mol. The molecule has 82 valence electrons. The van der Waals surface area contributed by atoms with Crippen molar-refractivity contribution in [3.05, 3.63) is 12.2 Å². The fourth-order valence-corrected chi connectivity index (χ4v) is 4.07. The van der Waals surface area contributed by atoms with Gasteiger partial charge in [0.15, 0.2) is 5.11 Å². The minimum Gasteiger partial charge on any atom is -0.359 e. The maximum absolute atomic E-state index is 5.29. The Bertz CT molecular complexity index is 315. The zero-order valence-electron chi connectivity index (χ0n) is 8.65. The minimum atomic E-state index is 0.544. The van der Waals surface area contributed by atoms with Gasteiger partial charge in [0.2, 0.25) is 0 Å². The molecule has 0 radical (unpaired) electrons. The molecule has 2 bridgehead atoms. The largest absolute Gasteiger partial charge is 0.359 e. The smallest absolute Gasteiger partial charge is 0.180 e. The van der Waals surface area contributed by atoms with E-state index in [1.807, 2.05) is 0 Å². The lowest BCUT2D eigenvalue weighted by molar-refractivity contribution is 0.246. The molecule has 2 saturated carbocycles. The Kier molecular flexibility index (Phi) is 2.21. The molecule has 3 aliphatic rings. The maximum atomic E-state index is 5.29. The summed E-state index contributed by atoms with van der Waals surface area (Å²) in [5.41, 5.74) is 2.51. The van der Waals surface area contributed by atoms with Crippen LogP contribution < -0.4 is 16.6 Å². The predicted molar refractivity (Wildman–Crippen MR) is 63.8 cm³/mol. The molecule has 4 N–H and O–H groups in total.